The first-order valence-electron chi connectivity index (χ1n) is 3.54. The van der Waals surface area contributed by atoms with E-state index in [1.807, 2.05) is 5.43 Å². The van der Waals surface area contributed by atoms with Crippen LogP contribution < -0.4 is 28.5 Å². The summed E-state index contributed by atoms with van der Waals surface area (Å²) >= 11 is 0. The van der Waals surface area contributed by atoms with Gasteiger partial charge in [-0.15, -0.1) is 0 Å². The summed E-state index contributed by atoms with van der Waals surface area (Å²) in [6, 6.07) is 0. The molecule has 0 fully saturated rings. The predicted molar refractivity (Wildman–Crippen MR) is 53.0 cm³/mol. The van der Waals surface area contributed by atoms with E-state index in [0.29, 0.717) is 6.42 Å². The molecule has 0 aliphatic heterocycles. The number of nitrogens with two attached hydrogens (primary N) is 4. The fraction of sp³-hybridized carbons (Fsp3) is 0.833. The summed E-state index contributed by atoms with van der Waals surface area (Å²) < 4.78 is 0. The Morgan fingerprint density at radius 1 is 1.08 bits per heavy atom. The minimum absolute atomic E-state index is 0.130. The molecular formula is C6H23N5O. The van der Waals surface area contributed by atoms with Crippen molar-refractivity contribution in [3.63, 3.8) is 0 Å². The van der Waals surface area contributed by atoms with Crippen LogP contribution in [0.3, 0.4) is 0 Å². The van der Waals surface area contributed by atoms with Gasteiger partial charge in [0.25, 0.3) is 0 Å². The molecule has 0 saturated heterocycles. The molecule has 0 heterocycles. The average Bonchev–Trinajstić information content (AvgIpc) is 2.25. The molecule has 9 N–H and O–H groups in total. The third-order valence-electron chi connectivity index (χ3n) is 0.482. The van der Waals surface area contributed by atoms with Gasteiger partial charge in [0.1, 0.15) is 0 Å². The van der Waals surface area contributed by atoms with E-state index in [4.69, 9.17) is 0 Å². The van der Waals surface area contributed by atoms with Gasteiger partial charge in [-0.2, -0.15) is 0 Å². The van der Waals surface area contributed by atoms with Crippen molar-refractivity contribution in [3.8, 4) is 0 Å². The highest BCUT2D eigenvalue weighted by Gasteiger charge is 1.85. The lowest BCUT2D eigenvalue weighted by Gasteiger charge is -1.87. The first kappa shape index (κ1) is 22.5. The number of amides is 1. The molecule has 0 aromatic heterocycles. The maximum Gasteiger partial charge on any atom is 0.233 e. The highest BCUT2D eigenvalue weighted by atomic mass is 16.2. The SMILES string of the molecule is CCC(=O)NN.CN.CN.CN. The summed E-state index contributed by atoms with van der Waals surface area (Å²) in [5.41, 5.74) is 15.5. The Balaban J connectivity index is -0.0000000453. The number of hydrogen-bond acceptors (Lipinski definition) is 5. The zero-order valence-electron chi connectivity index (χ0n) is 8.42. The topological polar surface area (TPSA) is 133 Å². The van der Waals surface area contributed by atoms with E-state index in [1.54, 1.807) is 6.92 Å². The van der Waals surface area contributed by atoms with E-state index in [2.05, 4.69) is 23.0 Å². The fourth-order valence-electron chi connectivity index (χ4n) is 0.102. The molecule has 6 heteroatoms. The number of rotatable bonds is 1. The highest BCUT2D eigenvalue weighted by molar-refractivity contribution is 5.74. The Labute approximate surface area is 74.6 Å². The van der Waals surface area contributed by atoms with E-state index in [9.17, 15) is 4.79 Å². The van der Waals surface area contributed by atoms with Crippen LogP contribution in [-0.4, -0.2) is 27.1 Å². The van der Waals surface area contributed by atoms with Crippen LogP contribution in [0.4, 0.5) is 0 Å². The van der Waals surface area contributed by atoms with Gasteiger partial charge in [0.2, 0.25) is 5.91 Å². The molecule has 0 unspecified atom stereocenters. The molecule has 12 heavy (non-hydrogen) atoms. The average molecular weight is 181 g/mol. The van der Waals surface area contributed by atoms with Crippen LogP contribution in [0.25, 0.3) is 0 Å². The van der Waals surface area contributed by atoms with E-state index in [1.165, 1.54) is 21.1 Å². The van der Waals surface area contributed by atoms with Gasteiger partial charge >= 0.3 is 0 Å². The van der Waals surface area contributed by atoms with E-state index < -0.39 is 0 Å². The molecule has 0 aromatic rings. The lowest BCUT2D eigenvalue weighted by atomic mass is 10.5. The summed E-state index contributed by atoms with van der Waals surface area (Å²) in [4.78, 5) is 9.94. The Bertz CT molecular complexity index is 53.9. The lowest BCUT2D eigenvalue weighted by molar-refractivity contribution is -0.120. The van der Waals surface area contributed by atoms with Gasteiger partial charge in [0, 0.05) is 6.42 Å². The molecule has 0 spiro atoms. The first-order valence-corrected chi connectivity index (χ1v) is 3.54. The van der Waals surface area contributed by atoms with Crippen LogP contribution >= 0.6 is 0 Å². The van der Waals surface area contributed by atoms with Crippen molar-refractivity contribution in [2.24, 2.45) is 23.0 Å². The molecule has 0 rings (SSSR count). The molecule has 0 aliphatic rings. The van der Waals surface area contributed by atoms with E-state index >= 15 is 0 Å². The molecule has 1 amide bonds. The number of nitrogens with one attached hydrogen (secondary N) is 1. The van der Waals surface area contributed by atoms with Gasteiger partial charge in [-0.3, -0.25) is 10.2 Å². The Hall–Kier alpha value is -0.690. The van der Waals surface area contributed by atoms with Crippen molar-refractivity contribution < 1.29 is 4.79 Å². The normalized spacial score (nSPS) is 5.33. The minimum Gasteiger partial charge on any atom is -0.333 e. The second kappa shape index (κ2) is 48.1. The van der Waals surface area contributed by atoms with Gasteiger partial charge < -0.3 is 17.2 Å². The van der Waals surface area contributed by atoms with Crippen molar-refractivity contribution in [2.75, 3.05) is 21.1 Å². The number of hydrogen-bond donors (Lipinski definition) is 5. The van der Waals surface area contributed by atoms with Crippen LogP contribution in [0.1, 0.15) is 13.3 Å². The highest BCUT2D eigenvalue weighted by Crippen LogP contribution is 1.66. The van der Waals surface area contributed by atoms with Gasteiger partial charge in [0.05, 0.1) is 0 Å². The van der Waals surface area contributed by atoms with Crippen LogP contribution in [0.2, 0.25) is 0 Å². The number of carbonyl (C=O) groups is 1. The number of hydrazine groups is 1. The summed E-state index contributed by atoms with van der Waals surface area (Å²) in [5, 5.41) is 0. The maximum absolute atomic E-state index is 9.94. The summed E-state index contributed by atoms with van der Waals surface area (Å²) in [5.74, 6) is 4.55. The van der Waals surface area contributed by atoms with Crippen molar-refractivity contribution in [1.29, 1.82) is 0 Å². The van der Waals surface area contributed by atoms with Crippen LogP contribution in [0.5, 0.6) is 0 Å². The van der Waals surface area contributed by atoms with Crippen LogP contribution in [0, 0.1) is 0 Å². The first-order chi connectivity index (χ1) is 5.81. The molecule has 6 nitrogen and oxygen atoms in total. The second-order valence-corrected chi connectivity index (χ2v) is 0.921. The third-order valence-corrected chi connectivity index (χ3v) is 0.482. The maximum atomic E-state index is 9.94. The van der Waals surface area contributed by atoms with Crippen molar-refractivity contribution in [3.05, 3.63) is 0 Å². The van der Waals surface area contributed by atoms with Gasteiger partial charge in [-0.05, 0) is 21.1 Å². The third kappa shape index (κ3) is 58.7. The Kier molecular flexibility index (Phi) is 90.2. The molecule has 0 bridgehead atoms. The van der Waals surface area contributed by atoms with Crippen molar-refractivity contribution >= 4 is 5.91 Å². The smallest absolute Gasteiger partial charge is 0.233 e. The molecule has 0 aromatic carbocycles. The van der Waals surface area contributed by atoms with Crippen molar-refractivity contribution in [1.82, 2.24) is 5.43 Å². The minimum atomic E-state index is -0.130. The van der Waals surface area contributed by atoms with Gasteiger partial charge in [0.15, 0.2) is 0 Å². The molecule has 0 saturated carbocycles. The summed E-state index contributed by atoms with van der Waals surface area (Å²) in [7, 11) is 4.50. The Morgan fingerprint density at radius 2 is 1.33 bits per heavy atom. The number of carbonyl (C=O) groups excluding carboxylic acids is 1. The van der Waals surface area contributed by atoms with E-state index in [0.717, 1.165) is 0 Å². The standard InChI is InChI=1S/C3H8N2O.3CH5N/c1-2-3(6)5-4;3*1-2/h2,4H2,1H3,(H,5,6);3*2H2,1H3. The monoisotopic (exact) mass is 181 g/mol. The molecule has 0 aliphatic carbocycles. The zero-order valence-corrected chi connectivity index (χ0v) is 8.42. The van der Waals surface area contributed by atoms with Crippen LogP contribution in [-0.2, 0) is 4.79 Å². The predicted octanol–water partition coefficient (Wildman–Crippen LogP) is -1.89. The van der Waals surface area contributed by atoms with Gasteiger partial charge in [-0.25, -0.2) is 5.84 Å². The zero-order chi connectivity index (χ0) is 11.0. The fourth-order valence-corrected chi connectivity index (χ4v) is 0.102. The molecule has 0 atom stereocenters. The Morgan fingerprint density at radius 3 is 1.33 bits per heavy atom. The lowest BCUT2D eigenvalue weighted by Crippen LogP contribution is -2.28. The largest absolute Gasteiger partial charge is 0.333 e. The molecule has 78 valence electrons. The molecule has 0 radical (unpaired) electrons. The quantitative estimate of drug-likeness (QED) is 0.183. The van der Waals surface area contributed by atoms with Crippen LogP contribution in [0.15, 0.2) is 0 Å². The summed E-state index contributed by atoms with van der Waals surface area (Å²) in [6.45, 7) is 1.74. The second-order valence-electron chi connectivity index (χ2n) is 0.921. The summed E-state index contributed by atoms with van der Waals surface area (Å²) in [6.07, 6.45) is 0.455. The molecular weight excluding hydrogens is 158 g/mol. The van der Waals surface area contributed by atoms with E-state index in [-0.39, 0.29) is 5.91 Å². The van der Waals surface area contributed by atoms with Gasteiger partial charge in [-0.1, -0.05) is 6.92 Å². The van der Waals surface area contributed by atoms with Crippen molar-refractivity contribution in [2.45, 2.75) is 13.3 Å².